The summed E-state index contributed by atoms with van der Waals surface area (Å²) in [6, 6.07) is 7.93. The summed E-state index contributed by atoms with van der Waals surface area (Å²) in [7, 11) is 0. The number of carbonyl (C=O) groups excluding carboxylic acids is 1. The Balaban J connectivity index is 1.35. The number of nitrogens with one attached hydrogen (secondary N) is 1. The van der Waals surface area contributed by atoms with Crippen LogP contribution in [-0.2, 0) is 6.54 Å². The third-order valence-electron chi connectivity index (χ3n) is 6.37. The molecule has 0 saturated carbocycles. The van der Waals surface area contributed by atoms with Gasteiger partial charge < -0.3 is 20.0 Å². The third-order valence-corrected chi connectivity index (χ3v) is 6.61. The molecule has 1 amide bonds. The van der Waals surface area contributed by atoms with E-state index < -0.39 is 0 Å². The number of anilines is 2. The van der Waals surface area contributed by atoms with Crippen molar-refractivity contribution in [3.8, 4) is 0 Å². The number of hydrogen-bond donors (Lipinski definition) is 1. The number of nitrogens with zero attached hydrogens (tertiary/aromatic N) is 6. The van der Waals surface area contributed by atoms with E-state index in [0.29, 0.717) is 18.9 Å². The summed E-state index contributed by atoms with van der Waals surface area (Å²) in [5.74, 6) is 0.629. The van der Waals surface area contributed by atoms with Crippen LogP contribution >= 0.6 is 11.6 Å². The molecule has 0 aliphatic carbocycles. The molecule has 2 aliphatic heterocycles. The molecule has 1 aromatic heterocycles. The average Bonchev–Trinajstić information content (AvgIpc) is 3.28. The molecule has 178 valence electrons. The Bertz CT molecular complexity index is 975. The van der Waals surface area contributed by atoms with Crippen LogP contribution in [0.2, 0.25) is 5.02 Å². The lowest BCUT2D eigenvalue weighted by Gasteiger charge is -2.38. The Morgan fingerprint density at radius 2 is 1.76 bits per heavy atom. The van der Waals surface area contributed by atoms with E-state index in [1.807, 2.05) is 17.9 Å². The zero-order valence-corrected chi connectivity index (χ0v) is 20.4. The number of piperazine rings is 2. The summed E-state index contributed by atoms with van der Waals surface area (Å²) < 4.78 is 1.40. The standard InChI is InChI=1S/C24H34ClN7O/c1-4-28-9-13-30(14-10-28)22-17-21(25)6-5-20(22)18-29-11-15-31(16-12-29)24(33)32-8-7-23(27-32)26-19(2)3/h5-8,17H,2,4,9-16,18H2,1,3H3,(H,26,27). The first-order valence-corrected chi connectivity index (χ1v) is 12.1. The Kier molecular flexibility index (Phi) is 7.57. The average molecular weight is 472 g/mol. The van der Waals surface area contributed by atoms with Gasteiger partial charge in [0.05, 0.1) is 0 Å². The highest BCUT2D eigenvalue weighted by molar-refractivity contribution is 6.30. The minimum atomic E-state index is -0.0922. The van der Waals surface area contributed by atoms with Crippen LogP contribution < -0.4 is 10.2 Å². The van der Waals surface area contributed by atoms with E-state index in [0.717, 1.165) is 63.1 Å². The minimum Gasteiger partial charge on any atom is -0.369 e. The van der Waals surface area contributed by atoms with E-state index in [2.05, 4.69) is 50.8 Å². The molecule has 0 unspecified atom stereocenters. The molecule has 1 N–H and O–H groups in total. The largest absolute Gasteiger partial charge is 0.369 e. The third kappa shape index (κ3) is 5.88. The number of amides is 1. The highest BCUT2D eigenvalue weighted by Gasteiger charge is 2.25. The Morgan fingerprint density at radius 1 is 1.06 bits per heavy atom. The molecule has 8 nitrogen and oxygen atoms in total. The van der Waals surface area contributed by atoms with Gasteiger partial charge in [-0.05, 0) is 31.2 Å². The first-order chi connectivity index (χ1) is 15.9. The van der Waals surface area contributed by atoms with Crippen molar-refractivity contribution in [1.82, 2.24) is 24.5 Å². The smallest absolute Gasteiger partial charge is 0.344 e. The van der Waals surface area contributed by atoms with Gasteiger partial charge in [-0.25, -0.2) is 4.79 Å². The second-order valence-corrected chi connectivity index (χ2v) is 9.23. The molecule has 2 aromatic rings. The lowest BCUT2D eigenvalue weighted by molar-refractivity contribution is 0.134. The number of carbonyl (C=O) groups is 1. The van der Waals surface area contributed by atoms with Crippen LogP contribution in [0.25, 0.3) is 0 Å². The van der Waals surface area contributed by atoms with E-state index >= 15 is 0 Å². The van der Waals surface area contributed by atoms with Crippen LogP contribution in [0, 0.1) is 0 Å². The molecule has 1 aromatic carbocycles. The van der Waals surface area contributed by atoms with E-state index in [-0.39, 0.29) is 6.03 Å². The van der Waals surface area contributed by atoms with Crippen molar-refractivity contribution in [2.75, 3.05) is 69.1 Å². The molecule has 2 saturated heterocycles. The molecular weight excluding hydrogens is 438 g/mol. The van der Waals surface area contributed by atoms with Gasteiger partial charge in [-0.1, -0.05) is 31.2 Å². The Labute approximate surface area is 201 Å². The van der Waals surface area contributed by atoms with Crippen molar-refractivity contribution in [1.29, 1.82) is 0 Å². The highest BCUT2D eigenvalue weighted by atomic mass is 35.5. The molecular formula is C24H34ClN7O. The van der Waals surface area contributed by atoms with E-state index in [1.54, 1.807) is 12.3 Å². The number of likely N-dealkylation sites (N-methyl/N-ethyl adjacent to an activating group) is 1. The molecule has 2 fully saturated rings. The maximum Gasteiger partial charge on any atom is 0.344 e. The molecule has 0 spiro atoms. The van der Waals surface area contributed by atoms with Gasteiger partial charge in [0.15, 0.2) is 5.82 Å². The SMILES string of the molecule is C=C(C)Nc1ccn(C(=O)N2CCN(Cc3ccc(Cl)cc3N3CCN(CC)CC3)CC2)n1. The molecule has 0 atom stereocenters. The van der Waals surface area contributed by atoms with E-state index in [1.165, 1.54) is 15.9 Å². The molecule has 3 heterocycles. The van der Waals surface area contributed by atoms with Gasteiger partial charge >= 0.3 is 6.03 Å². The number of hydrogen-bond acceptors (Lipinski definition) is 6. The second kappa shape index (κ2) is 10.6. The summed E-state index contributed by atoms with van der Waals surface area (Å²) in [5, 5.41) is 8.13. The molecule has 33 heavy (non-hydrogen) atoms. The number of aromatic nitrogens is 2. The predicted octanol–water partition coefficient (Wildman–Crippen LogP) is 3.41. The molecule has 0 radical (unpaired) electrons. The lowest BCUT2D eigenvalue weighted by Crippen LogP contribution is -2.50. The van der Waals surface area contributed by atoms with Gasteiger partial charge in [-0.3, -0.25) is 4.90 Å². The summed E-state index contributed by atoms with van der Waals surface area (Å²) >= 11 is 6.36. The summed E-state index contributed by atoms with van der Waals surface area (Å²) in [6.07, 6.45) is 1.69. The van der Waals surface area contributed by atoms with Crippen molar-refractivity contribution < 1.29 is 4.79 Å². The van der Waals surface area contributed by atoms with Crippen LogP contribution in [0.3, 0.4) is 0 Å². The molecule has 2 aliphatic rings. The molecule has 4 rings (SSSR count). The highest BCUT2D eigenvalue weighted by Crippen LogP contribution is 2.27. The van der Waals surface area contributed by atoms with E-state index in [9.17, 15) is 4.79 Å². The van der Waals surface area contributed by atoms with E-state index in [4.69, 9.17) is 11.6 Å². The summed E-state index contributed by atoms with van der Waals surface area (Å²) in [5.41, 5.74) is 3.33. The number of halogens is 1. The van der Waals surface area contributed by atoms with Gasteiger partial charge in [0.1, 0.15) is 0 Å². The van der Waals surface area contributed by atoms with Crippen LogP contribution in [-0.4, -0.2) is 89.4 Å². The van der Waals surface area contributed by atoms with Gasteiger partial charge in [0, 0.05) is 87.6 Å². The van der Waals surface area contributed by atoms with Crippen molar-refractivity contribution >= 4 is 29.1 Å². The minimum absolute atomic E-state index is 0.0922. The number of allylic oxidation sites excluding steroid dienone is 1. The van der Waals surface area contributed by atoms with Gasteiger partial charge in [0.2, 0.25) is 0 Å². The number of rotatable bonds is 6. The predicted molar refractivity (Wildman–Crippen MR) is 134 cm³/mol. The van der Waals surface area contributed by atoms with Gasteiger partial charge in [-0.15, -0.1) is 5.10 Å². The van der Waals surface area contributed by atoms with Crippen LogP contribution in [0.1, 0.15) is 19.4 Å². The lowest BCUT2D eigenvalue weighted by atomic mass is 10.1. The van der Waals surface area contributed by atoms with Crippen molar-refractivity contribution in [3.05, 3.63) is 53.3 Å². The summed E-state index contributed by atoms with van der Waals surface area (Å²) in [4.78, 5) is 22.1. The quantitative estimate of drug-likeness (QED) is 0.696. The maximum atomic E-state index is 12.8. The maximum absolute atomic E-state index is 12.8. The fourth-order valence-corrected chi connectivity index (χ4v) is 4.64. The monoisotopic (exact) mass is 471 g/mol. The van der Waals surface area contributed by atoms with Gasteiger partial charge in [0.25, 0.3) is 0 Å². The van der Waals surface area contributed by atoms with Crippen LogP contribution in [0.15, 0.2) is 42.7 Å². The van der Waals surface area contributed by atoms with Crippen LogP contribution in [0.5, 0.6) is 0 Å². The normalized spacial score (nSPS) is 17.9. The Hall–Kier alpha value is -2.55. The topological polar surface area (TPSA) is 59.9 Å². The molecule has 0 bridgehead atoms. The number of benzene rings is 1. The fraction of sp³-hybridized carbons (Fsp3) is 0.500. The zero-order chi connectivity index (χ0) is 23.4. The molecule has 9 heteroatoms. The Morgan fingerprint density at radius 3 is 2.42 bits per heavy atom. The summed E-state index contributed by atoms with van der Waals surface area (Å²) in [6.45, 7) is 17.1. The first kappa shape index (κ1) is 23.6. The fourth-order valence-electron chi connectivity index (χ4n) is 4.47. The van der Waals surface area contributed by atoms with Crippen LogP contribution in [0.4, 0.5) is 16.3 Å². The van der Waals surface area contributed by atoms with Crippen molar-refractivity contribution in [2.45, 2.75) is 20.4 Å². The zero-order valence-electron chi connectivity index (χ0n) is 19.6. The van der Waals surface area contributed by atoms with Crippen molar-refractivity contribution in [2.24, 2.45) is 0 Å². The first-order valence-electron chi connectivity index (χ1n) is 11.7. The van der Waals surface area contributed by atoms with Crippen molar-refractivity contribution in [3.63, 3.8) is 0 Å². The second-order valence-electron chi connectivity index (χ2n) is 8.79. The van der Waals surface area contributed by atoms with Gasteiger partial charge in [-0.2, -0.15) is 4.68 Å².